The maximum atomic E-state index is 11.9. The third kappa shape index (κ3) is 3.11. The second-order valence-electron chi connectivity index (χ2n) is 5.89. The molecule has 0 bridgehead atoms. The highest BCUT2D eigenvalue weighted by molar-refractivity contribution is 6.39. The fourth-order valence-electron chi connectivity index (χ4n) is 2.81. The zero-order valence-corrected chi connectivity index (χ0v) is 12.7. The van der Waals surface area contributed by atoms with Crippen molar-refractivity contribution < 1.29 is 4.79 Å². The summed E-state index contributed by atoms with van der Waals surface area (Å²) in [6.07, 6.45) is 5.34. The van der Waals surface area contributed by atoms with Gasteiger partial charge in [-0.05, 0) is 49.1 Å². The molecule has 0 spiro atoms. The predicted octanol–water partition coefficient (Wildman–Crippen LogP) is 3.71. The molecule has 108 valence electrons. The number of benzene rings is 1. The molecule has 0 atom stereocenters. The molecule has 1 aromatic rings. The molecule has 0 aromatic heterocycles. The third-order valence-electron chi connectivity index (χ3n) is 4.33. The molecule has 3 rings (SSSR count). The third-order valence-corrected chi connectivity index (χ3v) is 4.96. The summed E-state index contributed by atoms with van der Waals surface area (Å²) in [7, 11) is 0. The van der Waals surface area contributed by atoms with E-state index in [1.54, 1.807) is 18.2 Å². The number of amides is 1. The summed E-state index contributed by atoms with van der Waals surface area (Å²) < 4.78 is 0. The SMILES string of the molecule is O=C(CNCC1(C2CC2)CC1)Nc1c(Cl)cccc1Cl. The van der Waals surface area contributed by atoms with Crippen LogP contribution in [0.25, 0.3) is 0 Å². The number of nitrogens with one attached hydrogen (secondary N) is 2. The molecule has 0 radical (unpaired) electrons. The Morgan fingerprint density at radius 3 is 2.45 bits per heavy atom. The predicted molar refractivity (Wildman–Crippen MR) is 82.4 cm³/mol. The zero-order chi connectivity index (χ0) is 14.2. The van der Waals surface area contributed by atoms with Gasteiger partial charge in [0.05, 0.1) is 22.3 Å². The topological polar surface area (TPSA) is 41.1 Å². The largest absolute Gasteiger partial charge is 0.322 e. The lowest BCUT2D eigenvalue weighted by atomic mass is 10.0. The number of hydrogen-bond donors (Lipinski definition) is 2. The van der Waals surface area contributed by atoms with Gasteiger partial charge >= 0.3 is 0 Å². The molecule has 1 amide bonds. The molecule has 2 fully saturated rings. The lowest BCUT2D eigenvalue weighted by Crippen LogP contribution is -2.33. The molecule has 2 N–H and O–H groups in total. The minimum Gasteiger partial charge on any atom is -0.322 e. The summed E-state index contributed by atoms with van der Waals surface area (Å²) in [5.41, 5.74) is 0.994. The molecule has 2 saturated carbocycles. The van der Waals surface area contributed by atoms with Crippen LogP contribution in [0.1, 0.15) is 25.7 Å². The average Bonchev–Trinajstić information content (AvgIpc) is 3.25. The van der Waals surface area contributed by atoms with E-state index in [-0.39, 0.29) is 5.91 Å². The van der Waals surface area contributed by atoms with Crippen LogP contribution < -0.4 is 10.6 Å². The second-order valence-corrected chi connectivity index (χ2v) is 6.70. The monoisotopic (exact) mass is 312 g/mol. The summed E-state index contributed by atoms with van der Waals surface area (Å²) in [5.74, 6) is 0.794. The average molecular weight is 313 g/mol. The highest BCUT2D eigenvalue weighted by Gasteiger charge is 2.53. The maximum Gasteiger partial charge on any atom is 0.238 e. The van der Waals surface area contributed by atoms with Gasteiger partial charge in [-0.15, -0.1) is 0 Å². The molecule has 2 aliphatic rings. The Kier molecular flexibility index (Phi) is 3.93. The summed E-state index contributed by atoms with van der Waals surface area (Å²) in [6.45, 7) is 1.25. The van der Waals surface area contributed by atoms with E-state index in [1.165, 1.54) is 25.7 Å². The first-order valence-corrected chi connectivity index (χ1v) is 7.81. The standard InChI is InChI=1S/C15H18Cl2N2O/c16-11-2-1-3-12(17)14(11)19-13(20)8-18-9-15(6-7-15)10-4-5-10/h1-3,10,18H,4-9H2,(H,19,20). The quantitative estimate of drug-likeness (QED) is 0.840. The fourth-order valence-corrected chi connectivity index (χ4v) is 3.30. The van der Waals surface area contributed by atoms with Crippen LogP contribution in [0.3, 0.4) is 0 Å². The van der Waals surface area contributed by atoms with Crippen molar-refractivity contribution in [3.8, 4) is 0 Å². The Morgan fingerprint density at radius 1 is 1.25 bits per heavy atom. The second kappa shape index (κ2) is 5.55. The van der Waals surface area contributed by atoms with Gasteiger partial charge in [-0.2, -0.15) is 0 Å². The Bertz CT molecular complexity index is 504. The summed E-state index contributed by atoms with van der Waals surface area (Å²) in [5, 5.41) is 6.96. The molecule has 1 aromatic carbocycles. The van der Waals surface area contributed by atoms with Crippen LogP contribution in [-0.4, -0.2) is 19.0 Å². The highest BCUT2D eigenvalue weighted by atomic mass is 35.5. The van der Waals surface area contributed by atoms with Crippen LogP contribution in [0.15, 0.2) is 18.2 Å². The van der Waals surface area contributed by atoms with Crippen molar-refractivity contribution in [1.29, 1.82) is 0 Å². The molecule has 0 aliphatic heterocycles. The fraction of sp³-hybridized carbons (Fsp3) is 0.533. The van der Waals surface area contributed by atoms with E-state index < -0.39 is 0 Å². The van der Waals surface area contributed by atoms with Gasteiger partial charge in [0.2, 0.25) is 5.91 Å². The van der Waals surface area contributed by atoms with Crippen LogP contribution >= 0.6 is 23.2 Å². The zero-order valence-electron chi connectivity index (χ0n) is 11.2. The van der Waals surface area contributed by atoms with Crippen LogP contribution in [0.5, 0.6) is 0 Å². The lowest BCUT2D eigenvalue weighted by Gasteiger charge is -2.15. The van der Waals surface area contributed by atoms with Gasteiger partial charge in [-0.3, -0.25) is 4.79 Å². The smallest absolute Gasteiger partial charge is 0.238 e. The number of anilines is 1. The van der Waals surface area contributed by atoms with E-state index in [9.17, 15) is 4.79 Å². The van der Waals surface area contributed by atoms with Gasteiger partial charge in [0.1, 0.15) is 0 Å². The lowest BCUT2D eigenvalue weighted by molar-refractivity contribution is -0.115. The number of para-hydroxylation sites is 1. The van der Waals surface area contributed by atoms with Crippen molar-refractivity contribution in [2.75, 3.05) is 18.4 Å². The number of carbonyl (C=O) groups excluding carboxylic acids is 1. The molecule has 0 unspecified atom stereocenters. The van der Waals surface area contributed by atoms with Crippen molar-refractivity contribution >= 4 is 34.8 Å². The Labute approximate surface area is 129 Å². The Hall–Kier alpha value is -0.770. The summed E-state index contributed by atoms with van der Waals surface area (Å²) in [4.78, 5) is 11.9. The molecular formula is C15H18Cl2N2O. The van der Waals surface area contributed by atoms with E-state index in [1.807, 2.05) is 0 Å². The van der Waals surface area contributed by atoms with Crippen LogP contribution in [0, 0.1) is 11.3 Å². The van der Waals surface area contributed by atoms with E-state index in [4.69, 9.17) is 23.2 Å². The van der Waals surface area contributed by atoms with Crippen molar-refractivity contribution in [3.05, 3.63) is 28.2 Å². The van der Waals surface area contributed by atoms with E-state index >= 15 is 0 Å². The van der Waals surface area contributed by atoms with E-state index in [0.717, 1.165) is 12.5 Å². The minimum atomic E-state index is -0.105. The van der Waals surface area contributed by atoms with Gasteiger partial charge < -0.3 is 10.6 Å². The van der Waals surface area contributed by atoms with Crippen LogP contribution in [0.2, 0.25) is 10.0 Å². The molecular weight excluding hydrogens is 295 g/mol. The first-order valence-electron chi connectivity index (χ1n) is 7.05. The number of hydrogen-bond acceptors (Lipinski definition) is 2. The Balaban J connectivity index is 1.47. The number of halogens is 2. The van der Waals surface area contributed by atoms with Crippen molar-refractivity contribution in [2.24, 2.45) is 11.3 Å². The molecule has 0 heterocycles. The molecule has 3 nitrogen and oxygen atoms in total. The molecule has 0 saturated heterocycles. The molecule has 20 heavy (non-hydrogen) atoms. The van der Waals surface area contributed by atoms with Gasteiger partial charge in [-0.25, -0.2) is 0 Å². The van der Waals surface area contributed by atoms with Gasteiger partial charge in [0.15, 0.2) is 0 Å². The maximum absolute atomic E-state index is 11.9. The Morgan fingerprint density at radius 2 is 1.90 bits per heavy atom. The van der Waals surface area contributed by atoms with Crippen LogP contribution in [0.4, 0.5) is 5.69 Å². The van der Waals surface area contributed by atoms with Gasteiger partial charge in [0, 0.05) is 6.54 Å². The van der Waals surface area contributed by atoms with Crippen molar-refractivity contribution in [3.63, 3.8) is 0 Å². The van der Waals surface area contributed by atoms with Crippen LogP contribution in [-0.2, 0) is 4.79 Å². The minimum absolute atomic E-state index is 0.105. The first-order chi connectivity index (χ1) is 9.61. The summed E-state index contributed by atoms with van der Waals surface area (Å²) in [6, 6.07) is 5.18. The van der Waals surface area contributed by atoms with E-state index in [2.05, 4.69) is 10.6 Å². The number of rotatable bonds is 6. The summed E-state index contributed by atoms with van der Waals surface area (Å²) >= 11 is 12.0. The van der Waals surface area contributed by atoms with Crippen molar-refractivity contribution in [1.82, 2.24) is 5.32 Å². The van der Waals surface area contributed by atoms with E-state index in [0.29, 0.717) is 27.7 Å². The molecule has 5 heteroatoms. The normalized spacial score (nSPS) is 19.7. The number of carbonyl (C=O) groups is 1. The molecule has 2 aliphatic carbocycles. The van der Waals surface area contributed by atoms with Gasteiger partial charge in [-0.1, -0.05) is 29.3 Å². The van der Waals surface area contributed by atoms with Crippen molar-refractivity contribution in [2.45, 2.75) is 25.7 Å². The highest BCUT2D eigenvalue weighted by Crippen LogP contribution is 2.60. The first kappa shape index (κ1) is 14.2. The van der Waals surface area contributed by atoms with Gasteiger partial charge in [0.25, 0.3) is 0 Å².